The van der Waals surface area contributed by atoms with Crippen LogP contribution >= 0.6 is 15.9 Å². The fraction of sp³-hybridized carbons (Fsp3) is 0.375. The van der Waals surface area contributed by atoms with E-state index >= 15 is 0 Å². The number of rotatable bonds is 7. The van der Waals surface area contributed by atoms with Crippen molar-refractivity contribution in [2.24, 2.45) is 5.73 Å². The van der Waals surface area contributed by atoms with Gasteiger partial charge in [-0.2, -0.15) is 0 Å². The van der Waals surface area contributed by atoms with Gasteiger partial charge in [-0.3, -0.25) is 0 Å². The Morgan fingerprint density at radius 1 is 1.29 bits per heavy atom. The predicted molar refractivity (Wildman–Crippen MR) is 85.6 cm³/mol. The van der Waals surface area contributed by atoms with Crippen LogP contribution in [0.3, 0.4) is 0 Å². The molecule has 0 aliphatic heterocycles. The second-order valence-electron chi connectivity index (χ2n) is 4.66. The highest BCUT2D eigenvalue weighted by molar-refractivity contribution is 9.10. The van der Waals surface area contributed by atoms with Crippen molar-refractivity contribution in [1.29, 1.82) is 0 Å². The number of benzene rings is 1. The molecule has 0 aliphatic carbocycles. The zero-order valence-electron chi connectivity index (χ0n) is 12.3. The molecule has 1 unspecified atom stereocenters. The van der Waals surface area contributed by atoms with Crippen LogP contribution in [0.25, 0.3) is 0 Å². The van der Waals surface area contributed by atoms with Crippen molar-refractivity contribution in [2.45, 2.75) is 19.4 Å². The molecule has 5 heteroatoms. The summed E-state index contributed by atoms with van der Waals surface area (Å²) in [6.07, 6.45) is 2.51. The number of aryl methyl sites for hydroxylation is 1. The van der Waals surface area contributed by atoms with Crippen molar-refractivity contribution in [3.8, 4) is 5.75 Å². The summed E-state index contributed by atoms with van der Waals surface area (Å²) < 4.78 is 16.9. The number of hydrogen-bond acceptors (Lipinski definition) is 4. The van der Waals surface area contributed by atoms with Crippen LogP contribution in [-0.2, 0) is 11.2 Å². The van der Waals surface area contributed by atoms with E-state index in [4.69, 9.17) is 19.6 Å². The normalized spacial score (nSPS) is 12.4. The van der Waals surface area contributed by atoms with E-state index < -0.39 is 0 Å². The molecule has 1 atom stereocenters. The quantitative estimate of drug-likeness (QED) is 0.771. The molecule has 1 aromatic heterocycles. The molecule has 2 aromatic rings. The zero-order valence-corrected chi connectivity index (χ0v) is 13.9. The number of halogens is 1. The van der Waals surface area contributed by atoms with E-state index in [1.54, 1.807) is 13.4 Å². The highest BCUT2D eigenvalue weighted by atomic mass is 79.9. The number of ether oxygens (including phenoxy) is 2. The number of nitrogens with two attached hydrogens (primary N) is 1. The van der Waals surface area contributed by atoms with Crippen LogP contribution in [0, 0.1) is 0 Å². The molecule has 0 bridgehead atoms. The van der Waals surface area contributed by atoms with E-state index in [0.29, 0.717) is 13.2 Å². The van der Waals surface area contributed by atoms with Crippen LogP contribution in [0.5, 0.6) is 5.75 Å². The molecule has 0 saturated carbocycles. The SMILES string of the molecule is CCc1occc1C(N)c1ccc(OCCOC)c(Br)c1. The van der Waals surface area contributed by atoms with Gasteiger partial charge >= 0.3 is 0 Å². The van der Waals surface area contributed by atoms with Crippen molar-refractivity contribution in [3.05, 3.63) is 51.9 Å². The maximum Gasteiger partial charge on any atom is 0.133 e. The van der Waals surface area contributed by atoms with E-state index in [2.05, 4.69) is 22.9 Å². The molecular weight excluding hydrogens is 334 g/mol. The Kier molecular flexibility index (Phi) is 5.85. The highest BCUT2D eigenvalue weighted by Gasteiger charge is 2.16. The Bertz CT molecular complexity index is 583. The van der Waals surface area contributed by atoms with Crippen molar-refractivity contribution in [3.63, 3.8) is 0 Å². The van der Waals surface area contributed by atoms with Crippen LogP contribution in [0.2, 0.25) is 0 Å². The van der Waals surface area contributed by atoms with Gasteiger partial charge in [-0.1, -0.05) is 13.0 Å². The minimum atomic E-state index is -0.206. The van der Waals surface area contributed by atoms with Gasteiger partial charge in [-0.25, -0.2) is 0 Å². The maximum atomic E-state index is 6.34. The first kappa shape index (κ1) is 16.1. The summed E-state index contributed by atoms with van der Waals surface area (Å²) in [6, 6.07) is 7.60. The van der Waals surface area contributed by atoms with Gasteiger partial charge in [0.05, 0.1) is 23.4 Å². The van der Waals surface area contributed by atoms with E-state index in [9.17, 15) is 0 Å². The van der Waals surface area contributed by atoms with Crippen LogP contribution in [0.1, 0.15) is 29.9 Å². The highest BCUT2D eigenvalue weighted by Crippen LogP contribution is 2.31. The molecule has 114 valence electrons. The third kappa shape index (κ3) is 3.87. The van der Waals surface area contributed by atoms with Gasteiger partial charge in [-0.15, -0.1) is 0 Å². The van der Waals surface area contributed by atoms with Crippen LogP contribution in [-0.4, -0.2) is 20.3 Å². The molecule has 1 heterocycles. The summed E-state index contributed by atoms with van der Waals surface area (Å²) in [5, 5.41) is 0. The van der Waals surface area contributed by atoms with Crippen LogP contribution < -0.4 is 10.5 Å². The standard InChI is InChI=1S/C16H20BrNO3/c1-3-14-12(6-7-20-14)16(18)11-4-5-15(13(17)10-11)21-9-8-19-2/h4-7,10,16H,3,8-9,18H2,1-2H3. The molecular formula is C16H20BrNO3. The van der Waals surface area contributed by atoms with E-state index in [1.807, 2.05) is 24.3 Å². The second-order valence-corrected chi connectivity index (χ2v) is 5.52. The summed E-state index contributed by atoms with van der Waals surface area (Å²) in [5.74, 6) is 1.71. The molecule has 2 rings (SSSR count). The number of hydrogen-bond donors (Lipinski definition) is 1. The van der Waals surface area contributed by atoms with Gasteiger partial charge in [0.25, 0.3) is 0 Å². The maximum absolute atomic E-state index is 6.34. The molecule has 1 aromatic carbocycles. The van der Waals surface area contributed by atoms with E-state index in [1.165, 1.54) is 0 Å². The molecule has 4 nitrogen and oxygen atoms in total. The smallest absolute Gasteiger partial charge is 0.133 e. The summed E-state index contributed by atoms with van der Waals surface area (Å²) in [4.78, 5) is 0. The lowest BCUT2D eigenvalue weighted by molar-refractivity contribution is 0.146. The Morgan fingerprint density at radius 2 is 2.10 bits per heavy atom. The zero-order chi connectivity index (χ0) is 15.2. The molecule has 0 fully saturated rings. The fourth-order valence-electron chi connectivity index (χ4n) is 2.16. The Labute approximate surface area is 133 Å². The van der Waals surface area contributed by atoms with Crippen LogP contribution in [0.15, 0.2) is 39.4 Å². The monoisotopic (exact) mass is 353 g/mol. The van der Waals surface area contributed by atoms with Crippen LogP contribution in [0.4, 0.5) is 0 Å². The Hall–Kier alpha value is -1.30. The molecule has 0 saturated heterocycles. The predicted octanol–water partition coefficient (Wildman–Crippen LogP) is 3.68. The third-order valence-electron chi connectivity index (χ3n) is 3.30. The summed E-state index contributed by atoms with van der Waals surface area (Å²) in [7, 11) is 1.65. The molecule has 0 aliphatic rings. The Morgan fingerprint density at radius 3 is 2.76 bits per heavy atom. The van der Waals surface area contributed by atoms with Gasteiger partial charge in [0.1, 0.15) is 18.1 Å². The summed E-state index contributed by atoms with van der Waals surface area (Å²) in [5.41, 5.74) is 8.37. The molecule has 21 heavy (non-hydrogen) atoms. The molecule has 2 N–H and O–H groups in total. The number of methoxy groups -OCH3 is 1. The van der Waals surface area contributed by atoms with Crippen molar-refractivity contribution in [2.75, 3.05) is 20.3 Å². The van der Waals surface area contributed by atoms with Gasteiger partial charge in [0, 0.05) is 19.1 Å². The van der Waals surface area contributed by atoms with Crippen molar-refractivity contribution in [1.82, 2.24) is 0 Å². The van der Waals surface area contributed by atoms with Gasteiger partial charge in [0.2, 0.25) is 0 Å². The van der Waals surface area contributed by atoms with E-state index in [0.717, 1.165) is 33.5 Å². The first-order valence-corrected chi connectivity index (χ1v) is 7.69. The lowest BCUT2D eigenvalue weighted by Gasteiger charge is -2.14. The first-order valence-electron chi connectivity index (χ1n) is 6.90. The fourth-order valence-corrected chi connectivity index (χ4v) is 2.67. The molecule has 0 amide bonds. The third-order valence-corrected chi connectivity index (χ3v) is 3.92. The molecule has 0 radical (unpaired) electrons. The van der Waals surface area contributed by atoms with Gasteiger partial charge in [0.15, 0.2) is 0 Å². The Balaban J connectivity index is 2.15. The lowest BCUT2D eigenvalue weighted by Crippen LogP contribution is -2.13. The summed E-state index contributed by atoms with van der Waals surface area (Å²) >= 11 is 3.52. The van der Waals surface area contributed by atoms with Gasteiger partial charge < -0.3 is 19.6 Å². The average Bonchev–Trinajstić information content (AvgIpc) is 2.96. The van der Waals surface area contributed by atoms with E-state index in [-0.39, 0.29) is 6.04 Å². The number of furan rings is 1. The summed E-state index contributed by atoms with van der Waals surface area (Å²) in [6.45, 7) is 3.13. The second kappa shape index (κ2) is 7.64. The van der Waals surface area contributed by atoms with Gasteiger partial charge in [-0.05, 0) is 39.7 Å². The first-order chi connectivity index (χ1) is 10.2. The largest absolute Gasteiger partial charge is 0.490 e. The minimum Gasteiger partial charge on any atom is -0.490 e. The van der Waals surface area contributed by atoms with Crippen molar-refractivity contribution >= 4 is 15.9 Å². The molecule has 0 spiro atoms. The average molecular weight is 354 g/mol. The lowest BCUT2D eigenvalue weighted by atomic mass is 9.99. The topological polar surface area (TPSA) is 57.6 Å². The van der Waals surface area contributed by atoms with Crippen molar-refractivity contribution < 1.29 is 13.9 Å². The minimum absolute atomic E-state index is 0.206.